The normalized spacial score (nSPS) is 30.6. The summed E-state index contributed by atoms with van der Waals surface area (Å²) in [7, 11) is 4.35. The van der Waals surface area contributed by atoms with Gasteiger partial charge in [-0.1, -0.05) is 31.8 Å². The molecule has 1 fully saturated rings. The van der Waals surface area contributed by atoms with E-state index >= 15 is 0 Å². The van der Waals surface area contributed by atoms with Crippen LogP contribution in [0.4, 0.5) is 0 Å². The number of rotatable bonds is 6. The molecule has 5 nitrogen and oxygen atoms in total. The highest BCUT2D eigenvalue weighted by Gasteiger charge is 2.36. The van der Waals surface area contributed by atoms with Crippen molar-refractivity contribution in [1.29, 1.82) is 0 Å². The number of amidine groups is 1. The lowest BCUT2D eigenvalue weighted by molar-refractivity contribution is 0.0750. The lowest BCUT2D eigenvalue weighted by Crippen LogP contribution is -2.54. The Hall–Kier alpha value is -0.810. The molecule has 0 aromatic rings. The van der Waals surface area contributed by atoms with E-state index in [9.17, 15) is 0 Å². The summed E-state index contributed by atoms with van der Waals surface area (Å²) in [5.41, 5.74) is 5.85. The van der Waals surface area contributed by atoms with E-state index in [1.807, 2.05) is 6.92 Å². The van der Waals surface area contributed by atoms with Gasteiger partial charge in [-0.25, -0.2) is 0 Å². The third kappa shape index (κ3) is 4.35. The molecule has 1 saturated carbocycles. The molecule has 0 radical (unpaired) electrons. The zero-order valence-corrected chi connectivity index (χ0v) is 12.8. The molecule has 4 N–H and O–H groups in total. The molecule has 1 aliphatic carbocycles. The maximum atomic E-state index is 8.65. The number of hydrogen-bond donors (Lipinski definition) is 3. The minimum absolute atomic E-state index is 0.0604. The van der Waals surface area contributed by atoms with E-state index in [0.717, 1.165) is 19.0 Å². The quantitative estimate of drug-likeness (QED) is 0.296. The highest BCUT2D eigenvalue weighted by molar-refractivity contribution is 5.82. The molecule has 0 aromatic heterocycles. The van der Waals surface area contributed by atoms with E-state index in [-0.39, 0.29) is 11.5 Å². The monoisotopic (exact) mass is 270 g/mol. The van der Waals surface area contributed by atoms with Crippen molar-refractivity contribution in [3.8, 4) is 0 Å². The summed E-state index contributed by atoms with van der Waals surface area (Å²) in [5, 5.41) is 15.2. The van der Waals surface area contributed by atoms with Crippen molar-refractivity contribution in [1.82, 2.24) is 10.2 Å². The predicted molar refractivity (Wildman–Crippen MR) is 79.5 cm³/mol. The van der Waals surface area contributed by atoms with Gasteiger partial charge in [-0.2, -0.15) is 0 Å². The number of oxime groups is 1. The van der Waals surface area contributed by atoms with Crippen LogP contribution in [0.15, 0.2) is 5.16 Å². The van der Waals surface area contributed by atoms with Crippen LogP contribution >= 0.6 is 0 Å². The maximum absolute atomic E-state index is 8.65. The predicted octanol–water partition coefficient (Wildman–Crippen LogP) is 1.47. The Labute approximate surface area is 117 Å². The van der Waals surface area contributed by atoms with E-state index in [2.05, 4.69) is 36.4 Å². The number of likely N-dealkylation sites (N-methyl/N-ethyl adjacent to an activating group) is 1. The van der Waals surface area contributed by atoms with Crippen molar-refractivity contribution >= 4 is 5.84 Å². The van der Waals surface area contributed by atoms with Gasteiger partial charge in [0.25, 0.3) is 0 Å². The molecule has 3 atom stereocenters. The number of hydrogen-bond acceptors (Lipinski definition) is 4. The zero-order chi connectivity index (χ0) is 14.5. The molecule has 19 heavy (non-hydrogen) atoms. The van der Waals surface area contributed by atoms with Crippen LogP contribution in [0.3, 0.4) is 0 Å². The van der Waals surface area contributed by atoms with Crippen molar-refractivity contribution in [3.63, 3.8) is 0 Å². The van der Waals surface area contributed by atoms with Gasteiger partial charge in [0.15, 0.2) is 0 Å². The number of nitrogens with one attached hydrogen (secondary N) is 1. The molecule has 112 valence electrons. The summed E-state index contributed by atoms with van der Waals surface area (Å²) in [6.07, 6.45) is 5.13. The Bertz CT molecular complexity index is 306. The van der Waals surface area contributed by atoms with Gasteiger partial charge in [0.2, 0.25) is 0 Å². The van der Waals surface area contributed by atoms with E-state index in [1.165, 1.54) is 25.7 Å². The lowest BCUT2D eigenvalue weighted by Gasteiger charge is -2.45. The Balaban J connectivity index is 2.51. The molecule has 1 aliphatic rings. The van der Waals surface area contributed by atoms with Crippen molar-refractivity contribution in [2.24, 2.45) is 22.7 Å². The van der Waals surface area contributed by atoms with Gasteiger partial charge in [0.05, 0.1) is 0 Å². The number of nitrogens with two attached hydrogens (primary N) is 1. The molecule has 0 amide bonds. The third-order valence-corrected chi connectivity index (χ3v) is 4.54. The minimum Gasteiger partial charge on any atom is -0.409 e. The van der Waals surface area contributed by atoms with Crippen molar-refractivity contribution in [2.75, 3.05) is 27.2 Å². The van der Waals surface area contributed by atoms with Crippen LogP contribution in [0.2, 0.25) is 0 Å². The van der Waals surface area contributed by atoms with Crippen LogP contribution in [0.1, 0.15) is 39.5 Å². The van der Waals surface area contributed by atoms with Crippen molar-refractivity contribution in [3.05, 3.63) is 0 Å². The first kappa shape index (κ1) is 16.2. The smallest absolute Gasteiger partial charge is 0.143 e. The maximum Gasteiger partial charge on any atom is 0.143 e. The van der Waals surface area contributed by atoms with Crippen molar-refractivity contribution in [2.45, 2.75) is 45.1 Å². The molecular weight excluding hydrogens is 240 g/mol. The van der Waals surface area contributed by atoms with Gasteiger partial charge in [-0.3, -0.25) is 0 Å². The van der Waals surface area contributed by atoms with Crippen LogP contribution in [0, 0.1) is 11.8 Å². The molecule has 0 spiro atoms. The zero-order valence-electron chi connectivity index (χ0n) is 12.8. The average molecular weight is 270 g/mol. The summed E-state index contributed by atoms with van der Waals surface area (Å²) < 4.78 is 0. The topological polar surface area (TPSA) is 73.9 Å². The standard InChI is InChI=1S/C14H30N4O/c1-11-6-5-7-14(8-11,18(3)4)10-16-9-12(2)13(15)17-19/h11-12,16,19H,5-10H2,1-4H3,(H2,15,17). The Kier molecular flexibility index (Phi) is 6.07. The highest BCUT2D eigenvalue weighted by Crippen LogP contribution is 2.35. The molecule has 0 aliphatic heterocycles. The third-order valence-electron chi connectivity index (χ3n) is 4.54. The van der Waals surface area contributed by atoms with Crippen LogP contribution < -0.4 is 11.1 Å². The molecule has 5 heteroatoms. The fourth-order valence-corrected chi connectivity index (χ4v) is 3.08. The van der Waals surface area contributed by atoms with Crippen LogP contribution in [0.5, 0.6) is 0 Å². The Morgan fingerprint density at radius 3 is 2.79 bits per heavy atom. The van der Waals surface area contributed by atoms with Crippen LogP contribution in [0.25, 0.3) is 0 Å². The number of nitrogens with zero attached hydrogens (tertiary/aromatic N) is 2. The highest BCUT2D eigenvalue weighted by atomic mass is 16.4. The van der Waals surface area contributed by atoms with E-state index in [1.54, 1.807) is 0 Å². The second kappa shape index (κ2) is 7.10. The van der Waals surface area contributed by atoms with E-state index in [4.69, 9.17) is 10.9 Å². The molecular formula is C14H30N4O. The molecule has 0 bridgehead atoms. The van der Waals surface area contributed by atoms with Gasteiger partial charge in [0, 0.05) is 24.5 Å². The molecule has 3 unspecified atom stereocenters. The fraction of sp³-hybridized carbons (Fsp3) is 0.929. The fourth-order valence-electron chi connectivity index (χ4n) is 3.08. The largest absolute Gasteiger partial charge is 0.409 e. The minimum atomic E-state index is 0.0604. The van der Waals surface area contributed by atoms with Gasteiger partial charge in [0.1, 0.15) is 5.84 Å². The van der Waals surface area contributed by atoms with Gasteiger partial charge in [-0.05, 0) is 32.9 Å². The first-order chi connectivity index (χ1) is 8.91. The van der Waals surface area contributed by atoms with Crippen molar-refractivity contribution < 1.29 is 5.21 Å². The Morgan fingerprint density at radius 1 is 1.58 bits per heavy atom. The lowest BCUT2D eigenvalue weighted by atomic mass is 9.75. The average Bonchev–Trinajstić information content (AvgIpc) is 2.37. The molecule has 1 rings (SSSR count). The van der Waals surface area contributed by atoms with Crippen LogP contribution in [-0.4, -0.2) is 48.7 Å². The van der Waals surface area contributed by atoms with Gasteiger partial charge in [-0.15, -0.1) is 0 Å². The van der Waals surface area contributed by atoms with Crippen LogP contribution in [-0.2, 0) is 0 Å². The van der Waals surface area contributed by atoms with E-state index in [0.29, 0.717) is 5.84 Å². The summed E-state index contributed by atoms with van der Waals surface area (Å²) in [4.78, 5) is 2.36. The molecule has 0 heterocycles. The first-order valence-electron chi connectivity index (χ1n) is 7.27. The first-order valence-corrected chi connectivity index (χ1v) is 7.27. The van der Waals surface area contributed by atoms with Gasteiger partial charge < -0.3 is 21.2 Å². The summed E-state index contributed by atoms with van der Waals surface area (Å²) in [6.45, 7) is 6.03. The summed E-state index contributed by atoms with van der Waals surface area (Å²) in [5.74, 6) is 1.15. The SMILES string of the molecule is CC1CCCC(CNCC(C)C(N)=NO)(N(C)C)C1. The van der Waals surface area contributed by atoms with E-state index < -0.39 is 0 Å². The summed E-state index contributed by atoms with van der Waals surface area (Å²) in [6, 6.07) is 0. The van der Waals surface area contributed by atoms with Gasteiger partial charge >= 0.3 is 0 Å². The second-order valence-corrected chi connectivity index (χ2v) is 6.38. The summed E-state index contributed by atoms with van der Waals surface area (Å²) >= 11 is 0. The Morgan fingerprint density at radius 2 is 2.26 bits per heavy atom. The molecule has 0 saturated heterocycles. The second-order valence-electron chi connectivity index (χ2n) is 6.38. The molecule has 0 aromatic carbocycles.